The average molecular weight is 542 g/mol. The molecule has 0 saturated carbocycles. The highest BCUT2D eigenvalue weighted by Crippen LogP contribution is 2.42. The molecule has 0 spiro atoms. The number of rotatable bonds is 8. The van der Waals surface area contributed by atoms with Crippen molar-refractivity contribution in [3.05, 3.63) is 126 Å². The molecule has 0 amide bonds. The fourth-order valence-corrected chi connectivity index (χ4v) is 5.35. The molecule has 4 N–H and O–H groups in total. The summed E-state index contributed by atoms with van der Waals surface area (Å²) in [6, 6.07) is 29.4. The zero-order valence-electron chi connectivity index (χ0n) is 21.4. The van der Waals surface area contributed by atoms with Gasteiger partial charge in [0.05, 0.1) is 18.6 Å². The van der Waals surface area contributed by atoms with E-state index in [0.29, 0.717) is 5.52 Å². The van der Waals surface area contributed by atoms with Crippen molar-refractivity contribution in [1.82, 2.24) is 19.5 Å². The first kappa shape index (κ1) is 26.2. The number of hydrogen-bond donors (Lipinski definition) is 3. The van der Waals surface area contributed by atoms with Crippen molar-refractivity contribution in [2.45, 2.75) is 36.7 Å². The summed E-state index contributed by atoms with van der Waals surface area (Å²) in [7, 11) is 0. The highest BCUT2D eigenvalue weighted by molar-refractivity contribution is 5.73. The minimum atomic E-state index is -1.36. The number of aromatic nitrogens is 4. The number of aliphatic hydroxyl groups excluding tert-OH is 2. The van der Waals surface area contributed by atoms with Gasteiger partial charge in [0, 0.05) is 6.54 Å². The van der Waals surface area contributed by atoms with Crippen LogP contribution in [-0.4, -0.2) is 54.7 Å². The highest BCUT2D eigenvalue weighted by Gasteiger charge is 2.47. The molecule has 3 heterocycles. The van der Waals surface area contributed by atoms with Crippen molar-refractivity contribution in [2.24, 2.45) is 5.73 Å². The SMILES string of the molecule is NCc1nc(F)nc2c1ncn2[C@@H]1O[C@H](COC(c2ccccc2)(c2ccccc2)c2ccccc2)[C@@H](O)[C@H]1O. The van der Waals surface area contributed by atoms with E-state index in [1.165, 1.54) is 10.9 Å². The van der Waals surface area contributed by atoms with Crippen LogP contribution in [0, 0.1) is 6.08 Å². The third-order valence-corrected chi connectivity index (χ3v) is 7.28. The maximum absolute atomic E-state index is 14.1. The molecule has 0 aliphatic carbocycles. The molecule has 0 radical (unpaired) electrons. The van der Waals surface area contributed by atoms with Crippen molar-refractivity contribution >= 4 is 11.2 Å². The van der Waals surface area contributed by atoms with Crippen LogP contribution in [0.3, 0.4) is 0 Å². The van der Waals surface area contributed by atoms with E-state index in [2.05, 4.69) is 15.0 Å². The monoisotopic (exact) mass is 541 g/mol. The maximum atomic E-state index is 14.1. The number of nitrogens with zero attached hydrogens (tertiary/aromatic N) is 4. The van der Waals surface area contributed by atoms with Gasteiger partial charge in [0.1, 0.15) is 29.4 Å². The van der Waals surface area contributed by atoms with Gasteiger partial charge in [0.15, 0.2) is 11.9 Å². The van der Waals surface area contributed by atoms with Crippen molar-refractivity contribution in [1.29, 1.82) is 0 Å². The van der Waals surface area contributed by atoms with E-state index in [1.807, 2.05) is 91.0 Å². The number of imidazole rings is 1. The Hall–Kier alpha value is -4.06. The van der Waals surface area contributed by atoms with Gasteiger partial charge in [-0.1, -0.05) is 91.0 Å². The molecule has 0 unspecified atom stereocenters. The number of fused-ring (bicyclic) bond motifs is 1. The summed E-state index contributed by atoms with van der Waals surface area (Å²) in [6.45, 7) is -0.113. The van der Waals surface area contributed by atoms with Crippen LogP contribution in [0.5, 0.6) is 0 Å². The lowest BCUT2D eigenvalue weighted by Crippen LogP contribution is -2.39. The summed E-state index contributed by atoms with van der Waals surface area (Å²) in [5.74, 6) is 0. The Kier molecular flexibility index (Phi) is 7.09. The van der Waals surface area contributed by atoms with Crippen LogP contribution in [0.15, 0.2) is 97.3 Å². The van der Waals surface area contributed by atoms with E-state index in [0.717, 1.165) is 16.7 Å². The number of nitrogens with two attached hydrogens (primary N) is 1. The van der Waals surface area contributed by atoms with Crippen molar-refractivity contribution in [2.75, 3.05) is 6.61 Å². The van der Waals surface area contributed by atoms with E-state index in [4.69, 9.17) is 15.2 Å². The molecular weight excluding hydrogens is 513 g/mol. The fourth-order valence-electron chi connectivity index (χ4n) is 5.35. The van der Waals surface area contributed by atoms with Gasteiger partial charge >= 0.3 is 6.08 Å². The van der Waals surface area contributed by atoms with Crippen molar-refractivity contribution in [3.63, 3.8) is 0 Å². The van der Waals surface area contributed by atoms with Crippen LogP contribution in [0.25, 0.3) is 11.2 Å². The van der Waals surface area contributed by atoms with Gasteiger partial charge in [0.25, 0.3) is 0 Å². The molecule has 1 aliphatic heterocycles. The summed E-state index contributed by atoms with van der Waals surface area (Å²) in [5.41, 5.74) is 7.96. The molecule has 5 aromatic rings. The van der Waals surface area contributed by atoms with Crippen LogP contribution in [0.1, 0.15) is 28.6 Å². The third-order valence-electron chi connectivity index (χ3n) is 7.28. The summed E-state index contributed by atoms with van der Waals surface area (Å²) < 4.78 is 28.4. The Balaban J connectivity index is 1.36. The number of aliphatic hydroxyl groups is 2. The van der Waals surface area contributed by atoms with Crippen molar-refractivity contribution < 1.29 is 24.1 Å². The molecule has 0 bridgehead atoms. The van der Waals surface area contributed by atoms with E-state index < -0.39 is 36.2 Å². The summed E-state index contributed by atoms with van der Waals surface area (Å²) in [6.07, 6.45) is -4.28. The standard InChI is InChI=1S/C30H28FN5O4/c31-29-34-22(16-32)24-27(35-29)36(18-33-24)28-26(38)25(37)23(40-28)17-39-30(19-10-4-1-5-11-19,20-12-6-2-7-13-20)21-14-8-3-9-15-21/h1-15,18,23,25-26,28,37-38H,16-17,32H2/t23-,25-,26-,28-/m1/s1. The molecule has 6 rings (SSSR count). The summed E-state index contributed by atoms with van der Waals surface area (Å²) >= 11 is 0. The second-order valence-electron chi connectivity index (χ2n) is 9.60. The van der Waals surface area contributed by atoms with Gasteiger partial charge in [-0.15, -0.1) is 0 Å². The van der Waals surface area contributed by atoms with Crippen LogP contribution in [0.2, 0.25) is 0 Å². The van der Waals surface area contributed by atoms with E-state index in [-0.39, 0.29) is 24.5 Å². The molecule has 3 aromatic carbocycles. The van der Waals surface area contributed by atoms with Crippen LogP contribution >= 0.6 is 0 Å². The van der Waals surface area contributed by atoms with E-state index in [9.17, 15) is 14.6 Å². The van der Waals surface area contributed by atoms with Gasteiger partial charge in [-0.25, -0.2) is 9.97 Å². The lowest BCUT2D eigenvalue weighted by molar-refractivity contribution is -0.0942. The largest absolute Gasteiger partial charge is 0.387 e. The quantitative estimate of drug-likeness (QED) is 0.202. The zero-order valence-corrected chi connectivity index (χ0v) is 21.4. The highest BCUT2D eigenvalue weighted by atomic mass is 19.1. The molecule has 1 saturated heterocycles. The average Bonchev–Trinajstić information content (AvgIpc) is 3.54. The minimum Gasteiger partial charge on any atom is -0.387 e. The first-order valence-electron chi connectivity index (χ1n) is 12.9. The Labute approximate surface area is 229 Å². The van der Waals surface area contributed by atoms with Gasteiger partial charge in [-0.3, -0.25) is 4.57 Å². The van der Waals surface area contributed by atoms with Crippen molar-refractivity contribution in [3.8, 4) is 0 Å². The number of halogens is 1. The zero-order chi connectivity index (χ0) is 27.7. The second-order valence-corrected chi connectivity index (χ2v) is 9.60. The van der Waals surface area contributed by atoms with Gasteiger partial charge < -0.3 is 25.4 Å². The molecule has 10 heteroatoms. The lowest BCUT2D eigenvalue weighted by atomic mass is 9.80. The van der Waals surface area contributed by atoms with E-state index >= 15 is 0 Å². The van der Waals surface area contributed by atoms with Crippen LogP contribution in [0.4, 0.5) is 4.39 Å². The van der Waals surface area contributed by atoms with E-state index in [1.54, 1.807) is 0 Å². The Bertz CT molecular complexity index is 1490. The number of benzene rings is 3. The lowest BCUT2D eigenvalue weighted by Gasteiger charge is -2.37. The van der Waals surface area contributed by atoms with Gasteiger partial charge in [0.2, 0.25) is 0 Å². The third kappa shape index (κ3) is 4.45. The van der Waals surface area contributed by atoms with Gasteiger partial charge in [-0.2, -0.15) is 9.37 Å². The Morgan fingerprint density at radius 2 is 1.40 bits per heavy atom. The fraction of sp³-hybridized carbons (Fsp3) is 0.233. The smallest absolute Gasteiger partial charge is 0.310 e. The molecule has 2 aromatic heterocycles. The predicted octanol–water partition coefficient (Wildman–Crippen LogP) is 3.05. The molecule has 4 atom stereocenters. The number of hydrogen-bond acceptors (Lipinski definition) is 8. The summed E-state index contributed by atoms with van der Waals surface area (Å²) in [4.78, 5) is 11.8. The molecule has 40 heavy (non-hydrogen) atoms. The number of ether oxygens (including phenoxy) is 2. The Morgan fingerprint density at radius 1 is 0.850 bits per heavy atom. The molecule has 204 valence electrons. The molecule has 1 fully saturated rings. The van der Waals surface area contributed by atoms with Crippen LogP contribution < -0.4 is 5.73 Å². The van der Waals surface area contributed by atoms with Gasteiger partial charge in [-0.05, 0) is 16.7 Å². The minimum absolute atomic E-state index is 0.0410. The topological polar surface area (TPSA) is 129 Å². The predicted molar refractivity (Wildman–Crippen MR) is 144 cm³/mol. The first-order valence-corrected chi connectivity index (χ1v) is 12.9. The molecular formula is C30H28FN5O4. The molecule has 9 nitrogen and oxygen atoms in total. The normalized spacial score (nSPS) is 21.2. The summed E-state index contributed by atoms with van der Waals surface area (Å²) in [5, 5.41) is 22.0. The Morgan fingerprint density at radius 3 is 1.93 bits per heavy atom. The van der Waals surface area contributed by atoms with Crippen LogP contribution in [-0.2, 0) is 21.6 Å². The first-order chi connectivity index (χ1) is 19.5. The molecule has 1 aliphatic rings. The maximum Gasteiger partial charge on any atom is 0.310 e. The second kappa shape index (κ2) is 10.8.